The van der Waals surface area contributed by atoms with Gasteiger partial charge >= 0.3 is 0 Å². The molecule has 1 aliphatic heterocycles. The van der Waals surface area contributed by atoms with Gasteiger partial charge in [-0.1, -0.05) is 19.3 Å². The van der Waals surface area contributed by atoms with Crippen LogP contribution in [0.2, 0.25) is 0 Å². The fourth-order valence-electron chi connectivity index (χ4n) is 3.23. The van der Waals surface area contributed by atoms with Gasteiger partial charge in [0.15, 0.2) is 0 Å². The normalized spacial score (nSPS) is 29.4. The maximum absolute atomic E-state index is 5.70. The maximum atomic E-state index is 5.70. The van der Waals surface area contributed by atoms with Gasteiger partial charge in [-0.15, -0.1) is 0 Å². The van der Waals surface area contributed by atoms with E-state index in [9.17, 15) is 0 Å². The Balaban J connectivity index is 1.70. The van der Waals surface area contributed by atoms with Gasteiger partial charge in [-0.2, -0.15) is 0 Å². The van der Waals surface area contributed by atoms with Crippen molar-refractivity contribution in [1.29, 1.82) is 0 Å². The SMILES string of the molecule is NNC(CCC1CCCO1)C1CCCCC1. The highest BCUT2D eigenvalue weighted by Gasteiger charge is 2.24. The molecule has 1 saturated heterocycles. The molecule has 1 aliphatic carbocycles. The van der Waals surface area contributed by atoms with Crippen LogP contribution >= 0.6 is 0 Å². The van der Waals surface area contributed by atoms with Crippen LogP contribution in [0, 0.1) is 5.92 Å². The zero-order valence-corrected chi connectivity index (χ0v) is 10.3. The number of hydrazine groups is 1. The third-order valence-electron chi connectivity index (χ3n) is 4.26. The number of rotatable bonds is 5. The first-order valence-electron chi connectivity index (χ1n) is 6.98. The van der Waals surface area contributed by atoms with E-state index < -0.39 is 0 Å². The van der Waals surface area contributed by atoms with Crippen LogP contribution in [0.5, 0.6) is 0 Å². The van der Waals surface area contributed by atoms with Crippen LogP contribution in [0.15, 0.2) is 0 Å². The smallest absolute Gasteiger partial charge is 0.0576 e. The topological polar surface area (TPSA) is 47.3 Å². The van der Waals surface area contributed by atoms with E-state index >= 15 is 0 Å². The summed E-state index contributed by atoms with van der Waals surface area (Å²) < 4.78 is 5.67. The minimum atomic E-state index is 0.513. The molecule has 1 heterocycles. The molecule has 0 aromatic carbocycles. The van der Waals surface area contributed by atoms with Crippen LogP contribution in [0.4, 0.5) is 0 Å². The van der Waals surface area contributed by atoms with E-state index in [0.717, 1.165) is 12.5 Å². The van der Waals surface area contributed by atoms with Gasteiger partial charge in [0, 0.05) is 12.6 Å². The second-order valence-electron chi connectivity index (χ2n) is 5.38. The van der Waals surface area contributed by atoms with Crippen molar-refractivity contribution in [3.8, 4) is 0 Å². The Morgan fingerprint density at radius 2 is 1.94 bits per heavy atom. The van der Waals surface area contributed by atoms with Gasteiger partial charge in [-0.3, -0.25) is 11.3 Å². The molecule has 2 rings (SSSR count). The van der Waals surface area contributed by atoms with E-state index in [1.165, 1.54) is 57.8 Å². The van der Waals surface area contributed by atoms with Crippen LogP contribution in [0.25, 0.3) is 0 Å². The van der Waals surface area contributed by atoms with Crippen molar-refractivity contribution in [3.05, 3.63) is 0 Å². The number of hydrogen-bond donors (Lipinski definition) is 2. The Hall–Kier alpha value is -0.120. The minimum Gasteiger partial charge on any atom is -0.378 e. The van der Waals surface area contributed by atoms with Crippen LogP contribution in [0.3, 0.4) is 0 Å². The van der Waals surface area contributed by atoms with E-state index in [0.29, 0.717) is 12.1 Å². The third kappa shape index (κ3) is 3.44. The standard InChI is InChI=1S/C13H26N2O/c14-15-13(11-5-2-1-3-6-11)9-8-12-7-4-10-16-12/h11-13,15H,1-10,14H2. The Morgan fingerprint density at radius 3 is 2.56 bits per heavy atom. The quantitative estimate of drug-likeness (QED) is 0.559. The fourth-order valence-corrected chi connectivity index (χ4v) is 3.23. The van der Waals surface area contributed by atoms with Crippen molar-refractivity contribution in [2.75, 3.05) is 6.61 Å². The zero-order chi connectivity index (χ0) is 11.2. The van der Waals surface area contributed by atoms with Crippen LogP contribution < -0.4 is 11.3 Å². The van der Waals surface area contributed by atoms with E-state index in [-0.39, 0.29) is 0 Å². The second-order valence-corrected chi connectivity index (χ2v) is 5.38. The van der Waals surface area contributed by atoms with E-state index in [4.69, 9.17) is 10.6 Å². The largest absolute Gasteiger partial charge is 0.378 e. The van der Waals surface area contributed by atoms with Crippen LogP contribution in [0.1, 0.15) is 57.8 Å². The predicted molar refractivity (Wildman–Crippen MR) is 65.9 cm³/mol. The second kappa shape index (κ2) is 6.58. The van der Waals surface area contributed by atoms with Crippen molar-refractivity contribution < 1.29 is 4.74 Å². The van der Waals surface area contributed by atoms with E-state index in [1.54, 1.807) is 0 Å². The minimum absolute atomic E-state index is 0.513. The number of hydrogen-bond acceptors (Lipinski definition) is 3. The Bertz CT molecular complexity index is 186. The summed E-state index contributed by atoms with van der Waals surface area (Å²) >= 11 is 0. The van der Waals surface area contributed by atoms with Crippen molar-refractivity contribution in [2.24, 2.45) is 11.8 Å². The molecule has 0 spiro atoms. The summed E-state index contributed by atoms with van der Waals surface area (Å²) in [4.78, 5) is 0. The van der Waals surface area contributed by atoms with Crippen molar-refractivity contribution in [3.63, 3.8) is 0 Å². The molecular weight excluding hydrogens is 200 g/mol. The molecule has 3 N–H and O–H groups in total. The van der Waals surface area contributed by atoms with Crippen molar-refractivity contribution in [2.45, 2.75) is 69.9 Å². The molecule has 94 valence electrons. The lowest BCUT2D eigenvalue weighted by Crippen LogP contribution is -2.42. The summed E-state index contributed by atoms with van der Waals surface area (Å²) in [6.45, 7) is 0.967. The van der Waals surface area contributed by atoms with Crippen molar-refractivity contribution in [1.82, 2.24) is 5.43 Å². The molecule has 0 bridgehead atoms. The lowest BCUT2D eigenvalue weighted by molar-refractivity contribution is 0.0955. The Morgan fingerprint density at radius 1 is 1.12 bits per heavy atom. The van der Waals surface area contributed by atoms with E-state index in [2.05, 4.69) is 5.43 Å². The van der Waals surface area contributed by atoms with Gasteiger partial charge in [-0.05, 0) is 44.4 Å². The van der Waals surface area contributed by atoms with Gasteiger partial charge in [-0.25, -0.2) is 0 Å². The number of nitrogens with one attached hydrogen (secondary N) is 1. The molecule has 2 atom stereocenters. The molecule has 3 heteroatoms. The van der Waals surface area contributed by atoms with Crippen molar-refractivity contribution >= 4 is 0 Å². The number of nitrogens with two attached hydrogens (primary N) is 1. The third-order valence-corrected chi connectivity index (χ3v) is 4.26. The lowest BCUT2D eigenvalue weighted by Gasteiger charge is -2.30. The summed E-state index contributed by atoms with van der Waals surface area (Å²) in [6.07, 6.45) is 12.3. The molecule has 0 radical (unpaired) electrons. The van der Waals surface area contributed by atoms with Crippen LogP contribution in [-0.4, -0.2) is 18.8 Å². The first-order chi connectivity index (χ1) is 7.90. The predicted octanol–water partition coefficient (Wildman–Crippen LogP) is 2.36. The summed E-state index contributed by atoms with van der Waals surface area (Å²) in [6, 6.07) is 0.518. The first-order valence-corrected chi connectivity index (χ1v) is 6.98. The Labute approximate surface area is 99.1 Å². The molecule has 0 aromatic heterocycles. The molecule has 2 fully saturated rings. The summed E-state index contributed by atoms with van der Waals surface area (Å²) in [5, 5.41) is 0. The highest BCUT2D eigenvalue weighted by molar-refractivity contribution is 4.79. The highest BCUT2D eigenvalue weighted by atomic mass is 16.5. The average molecular weight is 226 g/mol. The zero-order valence-electron chi connectivity index (χ0n) is 10.3. The van der Waals surface area contributed by atoms with Gasteiger partial charge in [0.05, 0.1) is 6.10 Å². The Kier molecular flexibility index (Phi) is 5.07. The summed E-state index contributed by atoms with van der Waals surface area (Å²) in [5.41, 5.74) is 3.04. The highest BCUT2D eigenvalue weighted by Crippen LogP contribution is 2.29. The van der Waals surface area contributed by atoms with E-state index in [1.807, 2.05) is 0 Å². The summed E-state index contributed by atoms with van der Waals surface area (Å²) in [5.74, 6) is 6.50. The van der Waals surface area contributed by atoms with Crippen LogP contribution in [-0.2, 0) is 4.74 Å². The molecule has 1 saturated carbocycles. The van der Waals surface area contributed by atoms with Gasteiger partial charge in [0.25, 0.3) is 0 Å². The van der Waals surface area contributed by atoms with Gasteiger partial charge in [0.1, 0.15) is 0 Å². The molecule has 0 amide bonds. The lowest BCUT2D eigenvalue weighted by atomic mass is 9.82. The first kappa shape index (κ1) is 12.3. The van der Waals surface area contributed by atoms with Gasteiger partial charge in [0.2, 0.25) is 0 Å². The molecule has 16 heavy (non-hydrogen) atoms. The molecule has 2 unspecified atom stereocenters. The number of ether oxygens (including phenoxy) is 1. The molecule has 0 aromatic rings. The molecular formula is C13H26N2O. The fraction of sp³-hybridized carbons (Fsp3) is 1.00. The summed E-state index contributed by atoms with van der Waals surface area (Å²) in [7, 11) is 0. The average Bonchev–Trinajstić information content (AvgIpc) is 2.84. The van der Waals surface area contributed by atoms with Gasteiger partial charge < -0.3 is 4.74 Å². The maximum Gasteiger partial charge on any atom is 0.0576 e. The monoisotopic (exact) mass is 226 g/mol. The molecule has 2 aliphatic rings. The molecule has 3 nitrogen and oxygen atoms in total.